The molecule has 0 bridgehead atoms. The molecule has 0 amide bonds. The molecule has 88 valence electrons. The summed E-state index contributed by atoms with van der Waals surface area (Å²) in [5.41, 5.74) is 1.56. The van der Waals surface area contributed by atoms with Crippen LogP contribution < -0.4 is 0 Å². The maximum absolute atomic E-state index is 9.40. The van der Waals surface area contributed by atoms with Gasteiger partial charge in [-0.25, -0.2) is 0 Å². The van der Waals surface area contributed by atoms with Crippen molar-refractivity contribution in [3.8, 4) is 17.2 Å². The predicted molar refractivity (Wildman–Crippen MR) is 68.7 cm³/mol. The fourth-order valence-corrected chi connectivity index (χ4v) is 1.95. The maximum Gasteiger partial charge on any atom is 0.119 e. The van der Waals surface area contributed by atoms with Gasteiger partial charge in [0.15, 0.2) is 0 Å². The summed E-state index contributed by atoms with van der Waals surface area (Å²) in [5, 5.41) is 27.7. The minimum Gasteiger partial charge on any atom is -0.508 e. The average molecular weight is 248 g/mol. The third-order valence-electron chi connectivity index (χ3n) is 2.45. The Kier molecular flexibility index (Phi) is 3.15. The Morgan fingerprint density at radius 3 is 1.76 bits per heavy atom. The first-order valence-electron chi connectivity index (χ1n) is 5.06. The molecule has 0 saturated heterocycles. The van der Waals surface area contributed by atoms with Crippen LogP contribution in [0.1, 0.15) is 16.4 Å². The van der Waals surface area contributed by atoms with Gasteiger partial charge in [0.1, 0.15) is 17.2 Å². The van der Waals surface area contributed by atoms with Crippen LogP contribution in [0.15, 0.2) is 42.5 Å². The van der Waals surface area contributed by atoms with Crippen LogP contribution in [0.2, 0.25) is 0 Å². The van der Waals surface area contributed by atoms with E-state index in [2.05, 4.69) is 12.6 Å². The van der Waals surface area contributed by atoms with Gasteiger partial charge in [0.05, 0.1) is 5.25 Å². The highest BCUT2D eigenvalue weighted by Gasteiger charge is 2.11. The topological polar surface area (TPSA) is 60.7 Å². The van der Waals surface area contributed by atoms with Crippen LogP contribution in [0.25, 0.3) is 0 Å². The monoisotopic (exact) mass is 248 g/mol. The molecule has 2 aromatic rings. The predicted octanol–water partition coefficient (Wildman–Crippen LogP) is 2.82. The van der Waals surface area contributed by atoms with Crippen LogP contribution in [0.4, 0.5) is 0 Å². The van der Waals surface area contributed by atoms with Crippen molar-refractivity contribution in [1.82, 2.24) is 0 Å². The Hall–Kier alpha value is -1.81. The van der Waals surface area contributed by atoms with Crippen molar-refractivity contribution < 1.29 is 15.3 Å². The largest absolute Gasteiger partial charge is 0.508 e. The normalized spacial score (nSPS) is 12.3. The van der Waals surface area contributed by atoms with E-state index < -0.39 is 0 Å². The van der Waals surface area contributed by atoms with Gasteiger partial charge in [-0.1, -0.05) is 12.1 Å². The van der Waals surface area contributed by atoms with Crippen molar-refractivity contribution in [1.29, 1.82) is 0 Å². The second kappa shape index (κ2) is 4.59. The van der Waals surface area contributed by atoms with Crippen molar-refractivity contribution in [2.45, 2.75) is 5.25 Å². The van der Waals surface area contributed by atoms with E-state index in [-0.39, 0.29) is 22.5 Å². The molecule has 17 heavy (non-hydrogen) atoms. The summed E-state index contributed by atoms with van der Waals surface area (Å²) in [4.78, 5) is 0. The van der Waals surface area contributed by atoms with Gasteiger partial charge in [0.25, 0.3) is 0 Å². The lowest BCUT2D eigenvalue weighted by Crippen LogP contribution is -1.92. The molecule has 0 heterocycles. The molecule has 2 rings (SSSR count). The lowest BCUT2D eigenvalue weighted by molar-refractivity contribution is 0.449. The van der Waals surface area contributed by atoms with Crippen LogP contribution in [-0.2, 0) is 0 Å². The minimum absolute atomic E-state index is 0.00201. The summed E-state index contributed by atoms with van der Waals surface area (Å²) in [6, 6.07) is 11.0. The first-order chi connectivity index (χ1) is 8.06. The number of phenolic OH excluding ortho intramolecular Hbond substituents is 3. The van der Waals surface area contributed by atoms with Crippen molar-refractivity contribution in [3.63, 3.8) is 0 Å². The zero-order chi connectivity index (χ0) is 12.4. The summed E-state index contributed by atoms with van der Waals surface area (Å²) in [5.74, 6) is 0.184. The van der Waals surface area contributed by atoms with Crippen molar-refractivity contribution >= 4 is 12.6 Å². The first-order valence-corrected chi connectivity index (χ1v) is 5.58. The van der Waals surface area contributed by atoms with Gasteiger partial charge in [-0.05, 0) is 35.4 Å². The summed E-state index contributed by atoms with van der Waals surface area (Å²) in [6.45, 7) is 0. The molecule has 0 aliphatic heterocycles. The molecule has 0 spiro atoms. The zero-order valence-electron chi connectivity index (χ0n) is 8.91. The minimum atomic E-state index is -0.270. The van der Waals surface area contributed by atoms with E-state index in [0.29, 0.717) is 5.56 Å². The molecule has 3 nitrogen and oxygen atoms in total. The number of hydrogen-bond acceptors (Lipinski definition) is 4. The van der Waals surface area contributed by atoms with Gasteiger partial charge < -0.3 is 15.3 Å². The second-order valence-electron chi connectivity index (χ2n) is 3.78. The summed E-state index contributed by atoms with van der Waals surface area (Å²) in [6.07, 6.45) is 0. The smallest absolute Gasteiger partial charge is 0.119 e. The Labute approximate surface area is 104 Å². The van der Waals surface area contributed by atoms with E-state index >= 15 is 0 Å². The third-order valence-corrected chi connectivity index (χ3v) is 3.05. The van der Waals surface area contributed by atoms with Crippen LogP contribution in [-0.4, -0.2) is 15.3 Å². The molecule has 0 aromatic heterocycles. The van der Waals surface area contributed by atoms with Crippen molar-refractivity contribution in [3.05, 3.63) is 53.6 Å². The molecule has 0 radical (unpaired) electrons. The van der Waals surface area contributed by atoms with Gasteiger partial charge in [-0.15, -0.1) is 0 Å². The molecular formula is C13H12O3S. The Bertz CT molecular complexity index is 502. The Morgan fingerprint density at radius 2 is 1.24 bits per heavy atom. The molecule has 1 atom stereocenters. The standard InChI is InChI=1S/C13H12O3S/c14-10-3-1-8(2-4-10)13(17)9-5-11(15)7-12(16)6-9/h1-7,13-17H. The van der Waals surface area contributed by atoms with Crippen molar-refractivity contribution in [2.75, 3.05) is 0 Å². The fraction of sp³-hybridized carbons (Fsp3) is 0.0769. The molecule has 0 fully saturated rings. The quantitative estimate of drug-likeness (QED) is 0.618. The molecule has 1 unspecified atom stereocenters. The fourth-order valence-electron chi connectivity index (χ4n) is 1.62. The van der Waals surface area contributed by atoms with E-state index in [1.165, 1.54) is 6.07 Å². The van der Waals surface area contributed by atoms with Gasteiger partial charge in [-0.3, -0.25) is 0 Å². The molecule has 3 N–H and O–H groups in total. The van der Waals surface area contributed by atoms with E-state index in [1.54, 1.807) is 36.4 Å². The lowest BCUT2D eigenvalue weighted by Gasteiger charge is -2.12. The SMILES string of the molecule is Oc1ccc(C(S)c2cc(O)cc(O)c2)cc1. The molecular weight excluding hydrogens is 236 g/mol. The van der Waals surface area contributed by atoms with Gasteiger partial charge >= 0.3 is 0 Å². The highest BCUT2D eigenvalue weighted by atomic mass is 32.1. The number of phenols is 3. The van der Waals surface area contributed by atoms with Crippen LogP contribution in [0, 0.1) is 0 Å². The number of rotatable bonds is 2. The Morgan fingerprint density at radius 1 is 0.706 bits per heavy atom. The van der Waals surface area contributed by atoms with Crippen LogP contribution in [0.3, 0.4) is 0 Å². The second-order valence-corrected chi connectivity index (χ2v) is 4.29. The van der Waals surface area contributed by atoms with Gasteiger partial charge in [0, 0.05) is 6.07 Å². The summed E-state index contributed by atoms with van der Waals surface area (Å²) in [7, 11) is 0. The molecule has 2 aromatic carbocycles. The number of benzene rings is 2. The number of thiol groups is 1. The number of hydrogen-bond donors (Lipinski definition) is 4. The van der Waals surface area contributed by atoms with E-state index in [9.17, 15) is 15.3 Å². The van der Waals surface area contributed by atoms with E-state index in [1.807, 2.05) is 0 Å². The van der Waals surface area contributed by atoms with Crippen LogP contribution in [0.5, 0.6) is 17.2 Å². The summed E-state index contributed by atoms with van der Waals surface area (Å²) < 4.78 is 0. The molecule has 4 heteroatoms. The lowest BCUT2D eigenvalue weighted by atomic mass is 10.0. The first kappa shape index (κ1) is 11.7. The summed E-state index contributed by atoms with van der Waals surface area (Å²) >= 11 is 4.43. The highest BCUT2D eigenvalue weighted by molar-refractivity contribution is 7.80. The third kappa shape index (κ3) is 2.65. The van der Waals surface area contributed by atoms with Crippen molar-refractivity contribution in [2.24, 2.45) is 0 Å². The maximum atomic E-state index is 9.40. The highest BCUT2D eigenvalue weighted by Crippen LogP contribution is 2.33. The van der Waals surface area contributed by atoms with Gasteiger partial charge in [0.2, 0.25) is 0 Å². The molecule has 0 saturated carbocycles. The molecule has 0 aliphatic carbocycles. The number of aromatic hydroxyl groups is 3. The average Bonchev–Trinajstić information content (AvgIpc) is 2.28. The zero-order valence-corrected chi connectivity index (χ0v) is 9.80. The molecule has 0 aliphatic rings. The van der Waals surface area contributed by atoms with Crippen LogP contribution >= 0.6 is 12.6 Å². The van der Waals surface area contributed by atoms with Gasteiger partial charge in [-0.2, -0.15) is 12.6 Å². The van der Waals surface area contributed by atoms with E-state index in [4.69, 9.17) is 0 Å². The Balaban J connectivity index is 2.36. The van der Waals surface area contributed by atoms with E-state index in [0.717, 1.165) is 5.56 Å².